The quantitative estimate of drug-likeness (QED) is 0.862. The lowest BCUT2D eigenvalue weighted by molar-refractivity contribution is -0.157. The van der Waals surface area contributed by atoms with Crippen LogP contribution in [-0.2, 0) is 10.4 Å². The van der Waals surface area contributed by atoms with Crippen LogP contribution in [-0.4, -0.2) is 23.3 Å². The van der Waals surface area contributed by atoms with E-state index in [0.717, 1.165) is 12.8 Å². The normalized spacial score (nSPS) is 27.8. The van der Waals surface area contributed by atoms with Crippen LogP contribution in [0.4, 0.5) is 0 Å². The van der Waals surface area contributed by atoms with Crippen LogP contribution in [0.25, 0.3) is 0 Å². The van der Waals surface area contributed by atoms with Crippen LogP contribution in [0.15, 0.2) is 24.3 Å². The lowest BCUT2D eigenvalue weighted by Gasteiger charge is -2.38. The Balaban J connectivity index is 2.40. The first-order valence-electron chi connectivity index (χ1n) is 6.17. The summed E-state index contributed by atoms with van der Waals surface area (Å²) in [5.41, 5.74) is -0.646. The van der Waals surface area contributed by atoms with E-state index in [1.807, 2.05) is 0 Å². The number of ether oxygens (including phenoxy) is 1. The molecule has 2 rings (SSSR count). The van der Waals surface area contributed by atoms with E-state index in [0.29, 0.717) is 24.2 Å². The zero-order valence-corrected chi connectivity index (χ0v) is 10.4. The number of carboxylic acid groups (broad SMARTS) is 1. The van der Waals surface area contributed by atoms with Gasteiger partial charge in [0.15, 0.2) is 0 Å². The van der Waals surface area contributed by atoms with Gasteiger partial charge in [-0.05, 0) is 30.5 Å². The summed E-state index contributed by atoms with van der Waals surface area (Å²) in [6, 6.07) is 7.05. The molecule has 1 aromatic rings. The molecule has 0 aliphatic heterocycles. The van der Waals surface area contributed by atoms with Crippen LogP contribution in [0.3, 0.4) is 0 Å². The zero-order valence-electron chi connectivity index (χ0n) is 10.4. The maximum atomic E-state index is 11.3. The third kappa shape index (κ3) is 2.20. The second-order valence-electron chi connectivity index (χ2n) is 4.79. The van der Waals surface area contributed by atoms with Crippen LogP contribution in [0.1, 0.15) is 31.2 Å². The molecule has 18 heavy (non-hydrogen) atoms. The van der Waals surface area contributed by atoms with Crippen LogP contribution < -0.4 is 4.74 Å². The van der Waals surface area contributed by atoms with Crippen molar-refractivity contribution >= 4 is 5.97 Å². The molecule has 1 saturated carbocycles. The number of aliphatic hydroxyl groups is 1. The van der Waals surface area contributed by atoms with Crippen LogP contribution >= 0.6 is 0 Å². The van der Waals surface area contributed by atoms with Gasteiger partial charge in [0, 0.05) is 0 Å². The first kappa shape index (κ1) is 12.9. The fourth-order valence-corrected chi connectivity index (χ4v) is 2.72. The van der Waals surface area contributed by atoms with Gasteiger partial charge >= 0.3 is 5.97 Å². The Bertz CT molecular complexity index is 443. The zero-order chi connectivity index (χ0) is 13.2. The number of benzene rings is 1. The number of hydrogen-bond donors (Lipinski definition) is 2. The van der Waals surface area contributed by atoms with Gasteiger partial charge in [0.05, 0.1) is 13.0 Å². The molecular weight excluding hydrogens is 232 g/mol. The van der Waals surface area contributed by atoms with Crippen molar-refractivity contribution < 1.29 is 19.7 Å². The standard InChI is InChI=1S/C14H18O4/c1-18-11-6-4-5-10(9-11)14(17)8-3-2-7-12(14)13(15)16/h4-6,9,12,17H,2-3,7-8H2,1H3,(H,15,16)/t12-,14+/m1/s1. The van der Waals surface area contributed by atoms with Crippen LogP contribution in [0.2, 0.25) is 0 Å². The van der Waals surface area contributed by atoms with Crippen LogP contribution in [0.5, 0.6) is 5.75 Å². The van der Waals surface area contributed by atoms with Crippen LogP contribution in [0, 0.1) is 5.92 Å². The molecule has 2 atom stereocenters. The molecule has 0 spiro atoms. The van der Waals surface area contributed by atoms with Crippen molar-refractivity contribution in [1.82, 2.24) is 0 Å². The molecule has 0 bridgehead atoms. The molecule has 0 radical (unpaired) electrons. The highest BCUT2D eigenvalue weighted by Crippen LogP contribution is 2.42. The van der Waals surface area contributed by atoms with Crippen molar-refractivity contribution in [3.8, 4) is 5.75 Å². The Kier molecular flexibility index (Phi) is 3.57. The second-order valence-corrected chi connectivity index (χ2v) is 4.79. The third-order valence-electron chi connectivity index (χ3n) is 3.74. The first-order valence-corrected chi connectivity index (χ1v) is 6.17. The molecule has 2 N–H and O–H groups in total. The maximum Gasteiger partial charge on any atom is 0.309 e. The number of carboxylic acids is 1. The highest BCUT2D eigenvalue weighted by Gasteiger charge is 2.44. The minimum absolute atomic E-state index is 0.483. The van der Waals surface area contributed by atoms with Crippen molar-refractivity contribution in [3.63, 3.8) is 0 Å². The first-order chi connectivity index (χ1) is 8.58. The summed E-state index contributed by atoms with van der Waals surface area (Å²) >= 11 is 0. The minimum Gasteiger partial charge on any atom is -0.497 e. The number of aliphatic carboxylic acids is 1. The number of rotatable bonds is 3. The van der Waals surface area contributed by atoms with Gasteiger partial charge in [-0.15, -0.1) is 0 Å². The van der Waals surface area contributed by atoms with E-state index in [9.17, 15) is 15.0 Å². The van der Waals surface area contributed by atoms with E-state index >= 15 is 0 Å². The maximum absolute atomic E-state index is 11.3. The van der Waals surface area contributed by atoms with Crippen molar-refractivity contribution in [2.24, 2.45) is 5.92 Å². The van der Waals surface area contributed by atoms with Crippen molar-refractivity contribution in [2.75, 3.05) is 7.11 Å². The van der Waals surface area contributed by atoms with E-state index < -0.39 is 17.5 Å². The van der Waals surface area contributed by atoms with E-state index in [-0.39, 0.29) is 0 Å². The number of methoxy groups -OCH3 is 1. The van der Waals surface area contributed by atoms with Gasteiger partial charge in [-0.25, -0.2) is 0 Å². The number of carbonyl (C=O) groups is 1. The Morgan fingerprint density at radius 1 is 1.44 bits per heavy atom. The summed E-state index contributed by atoms with van der Waals surface area (Å²) in [5, 5.41) is 20.0. The molecule has 0 unspecified atom stereocenters. The van der Waals surface area contributed by atoms with E-state index in [2.05, 4.69) is 0 Å². The van der Waals surface area contributed by atoms with Gasteiger partial charge < -0.3 is 14.9 Å². The summed E-state index contributed by atoms with van der Waals surface area (Å²) in [6.45, 7) is 0. The van der Waals surface area contributed by atoms with E-state index in [4.69, 9.17) is 4.74 Å². The lowest BCUT2D eigenvalue weighted by Crippen LogP contribution is -2.42. The van der Waals surface area contributed by atoms with Crippen molar-refractivity contribution in [2.45, 2.75) is 31.3 Å². The number of hydrogen-bond acceptors (Lipinski definition) is 3. The molecule has 0 amide bonds. The van der Waals surface area contributed by atoms with Crippen molar-refractivity contribution in [3.05, 3.63) is 29.8 Å². The Morgan fingerprint density at radius 3 is 2.89 bits per heavy atom. The smallest absolute Gasteiger partial charge is 0.309 e. The summed E-state index contributed by atoms with van der Waals surface area (Å²) in [5.74, 6) is -1.03. The molecule has 0 aromatic heterocycles. The van der Waals surface area contributed by atoms with Gasteiger partial charge in [-0.2, -0.15) is 0 Å². The second kappa shape index (κ2) is 4.98. The average molecular weight is 250 g/mol. The average Bonchev–Trinajstić information content (AvgIpc) is 2.39. The topological polar surface area (TPSA) is 66.8 Å². The summed E-state index contributed by atoms with van der Waals surface area (Å²) < 4.78 is 5.13. The Labute approximate surface area is 106 Å². The fourth-order valence-electron chi connectivity index (χ4n) is 2.72. The molecule has 1 fully saturated rings. The molecular formula is C14H18O4. The molecule has 0 heterocycles. The third-order valence-corrected chi connectivity index (χ3v) is 3.74. The van der Waals surface area contributed by atoms with Gasteiger partial charge in [-0.1, -0.05) is 25.0 Å². The molecule has 1 aliphatic rings. The van der Waals surface area contributed by atoms with Gasteiger partial charge in [0.25, 0.3) is 0 Å². The molecule has 98 valence electrons. The minimum atomic E-state index is -1.28. The SMILES string of the molecule is COc1cccc([C@@]2(O)CCCC[C@@H]2C(=O)O)c1. The molecule has 0 saturated heterocycles. The highest BCUT2D eigenvalue weighted by molar-refractivity contribution is 5.72. The van der Waals surface area contributed by atoms with E-state index in [1.54, 1.807) is 31.4 Å². The van der Waals surface area contributed by atoms with Gasteiger partial charge in [-0.3, -0.25) is 4.79 Å². The largest absolute Gasteiger partial charge is 0.497 e. The Morgan fingerprint density at radius 2 is 2.22 bits per heavy atom. The summed E-state index contributed by atoms with van der Waals surface area (Å²) in [7, 11) is 1.55. The van der Waals surface area contributed by atoms with Crippen molar-refractivity contribution in [1.29, 1.82) is 0 Å². The van der Waals surface area contributed by atoms with Gasteiger partial charge in [0.1, 0.15) is 11.4 Å². The summed E-state index contributed by atoms with van der Waals surface area (Å²) in [4.78, 5) is 11.3. The van der Waals surface area contributed by atoms with E-state index in [1.165, 1.54) is 0 Å². The predicted molar refractivity (Wildman–Crippen MR) is 66.5 cm³/mol. The molecule has 1 aromatic carbocycles. The molecule has 1 aliphatic carbocycles. The predicted octanol–water partition coefficient (Wildman–Crippen LogP) is 2.16. The monoisotopic (exact) mass is 250 g/mol. The lowest BCUT2D eigenvalue weighted by atomic mass is 9.71. The Hall–Kier alpha value is -1.55. The highest BCUT2D eigenvalue weighted by atomic mass is 16.5. The molecule has 4 heteroatoms. The molecule has 4 nitrogen and oxygen atoms in total. The fraction of sp³-hybridized carbons (Fsp3) is 0.500. The van der Waals surface area contributed by atoms with Gasteiger partial charge in [0.2, 0.25) is 0 Å². The summed E-state index contributed by atoms with van der Waals surface area (Å²) in [6.07, 6.45) is 2.70.